The predicted molar refractivity (Wildman–Crippen MR) is 81.6 cm³/mol. The highest BCUT2D eigenvalue weighted by Gasteiger charge is 2.22. The first-order valence-corrected chi connectivity index (χ1v) is 6.70. The fourth-order valence-electron chi connectivity index (χ4n) is 2.07. The van der Waals surface area contributed by atoms with Gasteiger partial charge >= 0.3 is 0 Å². The molecule has 0 spiro atoms. The van der Waals surface area contributed by atoms with Crippen molar-refractivity contribution in [3.05, 3.63) is 69.8 Å². The molecule has 0 aliphatic rings. The van der Waals surface area contributed by atoms with Crippen LogP contribution < -0.4 is 0 Å². The number of amides is 1. The van der Waals surface area contributed by atoms with Crippen LogP contribution in [0.15, 0.2) is 48.5 Å². The highest BCUT2D eigenvalue weighted by molar-refractivity contribution is 5.97. The third-order valence-electron chi connectivity index (χ3n) is 3.19. The van der Waals surface area contributed by atoms with Gasteiger partial charge in [0.15, 0.2) is 0 Å². The third-order valence-corrected chi connectivity index (χ3v) is 3.19. The van der Waals surface area contributed by atoms with Crippen LogP contribution in [0.3, 0.4) is 0 Å². The first-order chi connectivity index (χ1) is 11.0. The van der Waals surface area contributed by atoms with E-state index in [1.54, 1.807) is 24.3 Å². The van der Waals surface area contributed by atoms with Crippen molar-refractivity contribution in [2.24, 2.45) is 0 Å². The van der Waals surface area contributed by atoms with Gasteiger partial charge in [-0.2, -0.15) is 5.26 Å². The topological polar surface area (TPSA) is 107 Å². The summed E-state index contributed by atoms with van der Waals surface area (Å²) in [6, 6.07) is 14.1. The number of non-ortho nitro benzene ring substituents is 1. The van der Waals surface area contributed by atoms with Crippen LogP contribution in [-0.2, 0) is 6.54 Å². The van der Waals surface area contributed by atoms with Crippen LogP contribution in [-0.4, -0.2) is 27.4 Å². The molecule has 0 atom stereocenters. The molecule has 0 fully saturated rings. The number of hydrogen-bond acceptors (Lipinski definition) is 5. The van der Waals surface area contributed by atoms with E-state index in [4.69, 9.17) is 5.26 Å². The van der Waals surface area contributed by atoms with E-state index in [0.29, 0.717) is 0 Å². The zero-order chi connectivity index (χ0) is 16.8. The Balaban J connectivity index is 2.33. The molecule has 0 radical (unpaired) electrons. The fraction of sp³-hybridized carbons (Fsp3) is 0.125. The van der Waals surface area contributed by atoms with E-state index in [1.807, 2.05) is 12.1 Å². The number of aromatic hydroxyl groups is 1. The molecule has 1 amide bonds. The van der Waals surface area contributed by atoms with Gasteiger partial charge < -0.3 is 10.0 Å². The number of phenols is 1. The lowest BCUT2D eigenvalue weighted by Crippen LogP contribution is -2.31. The number of nitro benzene ring substituents is 1. The van der Waals surface area contributed by atoms with E-state index in [0.717, 1.165) is 23.8 Å². The van der Waals surface area contributed by atoms with E-state index in [-0.39, 0.29) is 30.1 Å². The van der Waals surface area contributed by atoms with Gasteiger partial charge in [-0.3, -0.25) is 14.9 Å². The smallest absolute Gasteiger partial charge is 0.270 e. The van der Waals surface area contributed by atoms with Gasteiger partial charge in [0.25, 0.3) is 11.6 Å². The molecular formula is C16H13N3O4. The van der Waals surface area contributed by atoms with Crippen LogP contribution in [0, 0.1) is 21.4 Å². The van der Waals surface area contributed by atoms with Crippen molar-refractivity contribution >= 4 is 11.6 Å². The summed E-state index contributed by atoms with van der Waals surface area (Å²) in [4.78, 5) is 23.9. The molecule has 0 aliphatic heterocycles. The summed E-state index contributed by atoms with van der Waals surface area (Å²) in [5, 5.41) is 29.5. The first-order valence-electron chi connectivity index (χ1n) is 6.70. The van der Waals surface area contributed by atoms with E-state index in [9.17, 15) is 20.0 Å². The number of nitriles is 1. The molecule has 0 aliphatic carbocycles. The molecule has 0 bridgehead atoms. The average Bonchev–Trinajstić information content (AvgIpc) is 2.55. The second kappa shape index (κ2) is 7.04. The van der Waals surface area contributed by atoms with E-state index >= 15 is 0 Å². The van der Waals surface area contributed by atoms with E-state index < -0.39 is 10.8 Å². The van der Waals surface area contributed by atoms with Crippen molar-refractivity contribution < 1.29 is 14.8 Å². The number of hydrogen-bond donors (Lipinski definition) is 1. The van der Waals surface area contributed by atoms with Crippen molar-refractivity contribution in [2.45, 2.75) is 6.54 Å². The van der Waals surface area contributed by atoms with E-state index in [2.05, 4.69) is 0 Å². The van der Waals surface area contributed by atoms with Crippen LogP contribution in [0.25, 0.3) is 0 Å². The molecule has 2 aromatic rings. The second-order valence-corrected chi connectivity index (χ2v) is 4.76. The lowest BCUT2D eigenvalue weighted by Gasteiger charge is -2.20. The Morgan fingerprint density at radius 1 is 1.26 bits per heavy atom. The van der Waals surface area contributed by atoms with Gasteiger partial charge in [0, 0.05) is 18.7 Å². The van der Waals surface area contributed by atoms with E-state index in [1.165, 1.54) is 4.90 Å². The SMILES string of the molecule is N#CCN(Cc1ccccc1)C(=O)c1cc([N+](=O)[O-])ccc1O. The Morgan fingerprint density at radius 3 is 2.57 bits per heavy atom. The van der Waals surface area contributed by atoms with Gasteiger partial charge in [0.1, 0.15) is 12.3 Å². The normalized spacial score (nSPS) is 9.87. The van der Waals surface area contributed by atoms with Gasteiger partial charge in [0.05, 0.1) is 16.6 Å². The highest BCUT2D eigenvalue weighted by Crippen LogP contribution is 2.24. The minimum absolute atomic E-state index is 0.162. The Bertz CT molecular complexity index is 769. The minimum atomic E-state index is -0.651. The van der Waals surface area contributed by atoms with Crippen molar-refractivity contribution in [1.29, 1.82) is 5.26 Å². The predicted octanol–water partition coefficient (Wildman–Crippen LogP) is 2.47. The lowest BCUT2D eigenvalue weighted by atomic mass is 10.1. The summed E-state index contributed by atoms with van der Waals surface area (Å²) in [6.07, 6.45) is 0. The largest absolute Gasteiger partial charge is 0.507 e. The highest BCUT2D eigenvalue weighted by atomic mass is 16.6. The van der Waals surface area contributed by atoms with Crippen LogP contribution in [0.5, 0.6) is 5.75 Å². The zero-order valence-electron chi connectivity index (χ0n) is 12.0. The van der Waals surface area contributed by atoms with Gasteiger partial charge in [-0.05, 0) is 11.6 Å². The maximum absolute atomic E-state index is 12.5. The number of carbonyl (C=O) groups is 1. The van der Waals surface area contributed by atoms with Crippen molar-refractivity contribution in [3.63, 3.8) is 0 Å². The number of nitrogens with zero attached hydrogens (tertiary/aromatic N) is 3. The third kappa shape index (κ3) is 3.83. The monoisotopic (exact) mass is 311 g/mol. The average molecular weight is 311 g/mol. The molecule has 2 rings (SSSR count). The lowest BCUT2D eigenvalue weighted by molar-refractivity contribution is -0.384. The second-order valence-electron chi connectivity index (χ2n) is 4.76. The molecule has 0 saturated carbocycles. The van der Waals surface area contributed by atoms with Crippen LogP contribution in [0.1, 0.15) is 15.9 Å². The molecule has 2 aromatic carbocycles. The summed E-state index contributed by atoms with van der Waals surface area (Å²) < 4.78 is 0. The Kier molecular flexibility index (Phi) is 4.89. The standard InChI is InChI=1S/C16H13N3O4/c17-8-9-18(11-12-4-2-1-3-5-12)16(21)14-10-13(19(22)23)6-7-15(14)20/h1-7,10,20H,9,11H2. The maximum atomic E-state index is 12.5. The molecule has 0 heterocycles. The van der Waals surface area contributed by atoms with Crippen LogP contribution >= 0.6 is 0 Å². The maximum Gasteiger partial charge on any atom is 0.270 e. The van der Waals surface area contributed by atoms with Crippen molar-refractivity contribution in [2.75, 3.05) is 6.54 Å². The quantitative estimate of drug-likeness (QED) is 0.518. The molecule has 116 valence electrons. The molecule has 23 heavy (non-hydrogen) atoms. The molecule has 7 nitrogen and oxygen atoms in total. The summed E-state index contributed by atoms with van der Waals surface area (Å²) in [5.74, 6) is -1.01. The summed E-state index contributed by atoms with van der Waals surface area (Å²) in [5.41, 5.74) is 0.300. The molecule has 0 unspecified atom stereocenters. The number of benzene rings is 2. The van der Waals surface area contributed by atoms with Crippen molar-refractivity contribution in [1.82, 2.24) is 4.90 Å². The van der Waals surface area contributed by atoms with Crippen LogP contribution in [0.4, 0.5) is 5.69 Å². The van der Waals surface area contributed by atoms with Gasteiger partial charge in [0.2, 0.25) is 0 Å². The number of rotatable bonds is 5. The van der Waals surface area contributed by atoms with Gasteiger partial charge in [-0.25, -0.2) is 0 Å². The zero-order valence-corrected chi connectivity index (χ0v) is 12.0. The van der Waals surface area contributed by atoms with Crippen molar-refractivity contribution in [3.8, 4) is 11.8 Å². The molecule has 7 heteroatoms. The number of nitro groups is 1. The number of phenolic OH excluding ortho intramolecular Hbond substituents is 1. The fourth-order valence-corrected chi connectivity index (χ4v) is 2.07. The van der Waals surface area contributed by atoms with Gasteiger partial charge in [-0.1, -0.05) is 30.3 Å². The summed E-state index contributed by atoms with van der Waals surface area (Å²) >= 11 is 0. The van der Waals surface area contributed by atoms with Crippen LogP contribution in [0.2, 0.25) is 0 Å². The first kappa shape index (κ1) is 16.0. The molecular weight excluding hydrogens is 298 g/mol. The number of carbonyl (C=O) groups excluding carboxylic acids is 1. The Morgan fingerprint density at radius 2 is 1.96 bits per heavy atom. The Hall–Kier alpha value is -3.40. The summed E-state index contributed by atoms with van der Waals surface area (Å²) in [7, 11) is 0. The van der Waals surface area contributed by atoms with Gasteiger partial charge in [-0.15, -0.1) is 0 Å². The molecule has 1 N–H and O–H groups in total. The molecule has 0 aromatic heterocycles. The Labute approximate surface area is 132 Å². The molecule has 0 saturated heterocycles. The summed E-state index contributed by atoms with van der Waals surface area (Å²) in [6.45, 7) is -0.0365. The minimum Gasteiger partial charge on any atom is -0.507 e.